The van der Waals surface area contributed by atoms with Crippen LogP contribution in [0.1, 0.15) is 49.8 Å². The second-order valence-electron chi connectivity index (χ2n) is 10.1. The Morgan fingerprint density at radius 2 is 1.46 bits per heavy atom. The van der Waals surface area contributed by atoms with Crippen LogP contribution in [-0.4, -0.2) is 59.7 Å². The summed E-state index contributed by atoms with van der Waals surface area (Å²) < 4.78 is 0. The lowest BCUT2D eigenvalue weighted by Gasteiger charge is -2.25. The van der Waals surface area contributed by atoms with E-state index in [1.165, 1.54) is 6.92 Å². The molecule has 11 nitrogen and oxygen atoms in total. The Bertz CT molecular complexity index is 1390. The highest BCUT2D eigenvalue weighted by atomic mass is 16.2. The van der Waals surface area contributed by atoms with Gasteiger partial charge in [-0.3, -0.25) is 24.0 Å². The average Bonchev–Trinajstić information content (AvgIpc) is 3.37. The molecule has 11 heteroatoms. The van der Waals surface area contributed by atoms with Gasteiger partial charge in [0.05, 0.1) is 12.5 Å². The van der Waals surface area contributed by atoms with Crippen LogP contribution in [0, 0.1) is 0 Å². The summed E-state index contributed by atoms with van der Waals surface area (Å²) in [5, 5.41) is 14.8. The number of fused-ring (bicyclic) bond motifs is 1. The molecule has 0 unspecified atom stereocenters. The number of carbonyl (C=O) groups is 5. The lowest BCUT2D eigenvalue weighted by atomic mass is 10.0. The van der Waals surface area contributed by atoms with Crippen molar-refractivity contribution in [1.29, 1.82) is 0 Å². The minimum atomic E-state index is -0.989. The highest BCUT2D eigenvalue weighted by Crippen LogP contribution is 2.21. The van der Waals surface area contributed by atoms with Crippen LogP contribution in [0.4, 0.5) is 0 Å². The summed E-state index contributed by atoms with van der Waals surface area (Å²) in [6.07, 6.45) is 2.58. The van der Waals surface area contributed by atoms with Gasteiger partial charge in [0.2, 0.25) is 29.5 Å². The zero-order chi connectivity index (χ0) is 29.2. The van der Waals surface area contributed by atoms with E-state index in [2.05, 4.69) is 31.6 Å². The number of carbonyl (C=O) groups excluding carboxylic acids is 5. The van der Waals surface area contributed by atoms with Gasteiger partial charge >= 0.3 is 0 Å². The molecule has 4 rings (SSSR count). The van der Waals surface area contributed by atoms with Crippen LogP contribution in [0.15, 0.2) is 60.8 Å². The normalized spacial score (nSPS) is 22.3. The number of amides is 5. The average molecular weight is 561 g/mol. The molecule has 3 aromatic rings. The van der Waals surface area contributed by atoms with Gasteiger partial charge in [-0.25, -0.2) is 0 Å². The second kappa shape index (κ2) is 14.1. The standard InChI is InChI=1S/C30H36N6O5/c1-19-29(40)36-25(16-21-18-33-23-11-6-5-10-22(21)23)30(41)35-24(20-8-3-2-4-9-20)17-28(39)31-14-7-12-26(37)32-15-13-27(38)34-19/h2-6,8-11,18-19,24-25,33H,7,12-17H2,1H3,(H,31,39)(H,32,37)(H,34,38)(H,35,41)(H,36,40)/t19-,24+,25+/m0/s1. The molecule has 0 saturated carbocycles. The van der Waals surface area contributed by atoms with Gasteiger partial charge in [-0.05, 0) is 30.5 Å². The van der Waals surface area contributed by atoms with E-state index in [-0.39, 0.29) is 44.0 Å². The maximum Gasteiger partial charge on any atom is 0.243 e. The minimum absolute atomic E-state index is 0.00188. The van der Waals surface area contributed by atoms with Crippen LogP contribution in [0.25, 0.3) is 10.9 Å². The summed E-state index contributed by atoms with van der Waals surface area (Å²) in [6.45, 7) is 1.95. The highest BCUT2D eigenvalue weighted by Gasteiger charge is 2.28. The molecule has 6 N–H and O–H groups in total. The van der Waals surface area contributed by atoms with Crippen LogP contribution >= 0.6 is 0 Å². The molecule has 3 atom stereocenters. The van der Waals surface area contributed by atoms with Crippen LogP contribution in [0.5, 0.6) is 0 Å². The van der Waals surface area contributed by atoms with Gasteiger partial charge < -0.3 is 31.6 Å². The first-order chi connectivity index (χ1) is 19.8. The minimum Gasteiger partial charge on any atom is -0.361 e. The largest absolute Gasteiger partial charge is 0.361 e. The van der Waals surface area contributed by atoms with E-state index >= 15 is 0 Å². The first-order valence-corrected chi connectivity index (χ1v) is 13.8. The first kappa shape index (κ1) is 29.3. The maximum absolute atomic E-state index is 13.8. The van der Waals surface area contributed by atoms with Crippen molar-refractivity contribution < 1.29 is 24.0 Å². The number of aromatic nitrogens is 1. The second-order valence-corrected chi connectivity index (χ2v) is 10.1. The van der Waals surface area contributed by atoms with Gasteiger partial charge in [-0.2, -0.15) is 0 Å². The molecular weight excluding hydrogens is 524 g/mol. The highest BCUT2D eigenvalue weighted by molar-refractivity contribution is 5.93. The van der Waals surface area contributed by atoms with Crippen molar-refractivity contribution in [3.63, 3.8) is 0 Å². The Labute approximate surface area is 238 Å². The van der Waals surface area contributed by atoms with Crippen molar-refractivity contribution in [2.45, 2.75) is 57.2 Å². The summed E-state index contributed by atoms with van der Waals surface area (Å²) in [5.74, 6) is -1.91. The Morgan fingerprint density at radius 1 is 0.732 bits per heavy atom. The van der Waals surface area contributed by atoms with Crippen molar-refractivity contribution in [3.05, 3.63) is 71.9 Å². The predicted octanol–water partition coefficient (Wildman–Crippen LogP) is 1.36. The first-order valence-electron chi connectivity index (χ1n) is 13.8. The van der Waals surface area contributed by atoms with Crippen molar-refractivity contribution in [3.8, 4) is 0 Å². The fourth-order valence-corrected chi connectivity index (χ4v) is 4.75. The van der Waals surface area contributed by atoms with E-state index in [1.807, 2.05) is 54.6 Å². The van der Waals surface area contributed by atoms with E-state index in [4.69, 9.17) is 0 Å². The SMILES string of the molecule is C[C@@H]1NC(=O)CCNC(=O)CCCNC(=O)C[C@H](c2ccccc2)NC(=O)[C@@H](Cc2c[nH]c3ccccc23)NC1=O. The molecule has 1 fully saturated rings. The van der Waals surface area contributed by atoms with E-state index in [9.17, 15) is 24.0 Å². The molecule has 5 amide bonds. The lowest BCUT2D eigenvalue weighted by molar-refractivity contribution is -0.132. The molecule has 0 radical (unpaired) electrons. The number of benzene rings is 2. The molecule has 216 valence electrons. The summed E-state index contributed by atoms with van der Waals surface area (Å²) in [7, 11) is 0. The van der Waals surface area contributed by atoms with Crippen molar-refractivity contribution >= 4 is 40.4 Å². The number of hydrogen-bond acceptors (Lipinski definition) is 5. The summed E-state index contributed by atoms with van der Waals surface area (Å²) >= 11 is 0. The zero-order valence-electron chi connectivity index (χ0n) is 23.0. The Balaban J connectivity index is 1.60. The Morgan fingerprint density at radius 3 is 2.27 bits per heavy atom. The monoisotopic (exact) mass is 560 g/mol. The third-order valence-electron chi connectivity index (χ3n) is 6.99. The van der Waals surface area contributed by atoms with Gasteiger partial charge in [0.1, 0.15) is 12.1 Å². The van der Waals surface area contributed by atoms with Gasteiger partial charge in [0.25, 0.3) is 0 Å². The van der Waals surface area contributed by atoms with Crippen LogP contribution in [-0.2, 0) is 30.4 Å². The lowest BCUT2D eigenvalue weighted by Crippen LogP contribution is -2.54. The van der Waals surface area contributed by atoms with Crippen LogP contribution in [0.2, 0.25) is 0 Å². The molecule has 2 aromatic carbocycles. The van der Waals surface area contributed by atoms with E-state index in [1.54, 1.807) is 6.20 Å². The summed E-state index contributed by atoms with van der Waals surface area (Å²) in [4.78, 5) is 67.4. The topological polar surface area (TPSA) is 161 Å². The Hall–Kier alpha value is -4.67. The number of aromatic amines is 1. The van der Waals surface area contributed by atoms with Crippen LogP contribution < -0.4 is 26.6 Å². The molecule has 0 spiro atoms. The van der Waals surface area contributed by atoms with E-state index < -0.39 is 35.8 Å². The van der Waals surface area contributed by atoms with Gasteiger partial charge in [0.15, 0.2) is 0 Å². The fourth-order valence-electron chi connectivity index (χ4n) is 4.75. The number of H-pyrrole nitrogens is 1. The van der Waals surface area contributed by atoms with Crippen molar-refractivity contribution in [2.75, 3.05) is 13.1 Å². The number of para-hydroxylation sites is 1. The maximum atomic E-state index is 13.8. The molecular formula is C30H36N6O5. The van der Waals surface area contributed by atoms with E-state index in [0.717, 1.165) is 22.0 Å². The number of nitrogens with one attached hydrogen (secondary N) is 6. The fraction of sp³-hybridized carbons (Fsp3) is 0.367. The molecule has 1 saturated heterocycles. The van der Waals surface area contributed by atoms with Crippen molar-refractivity contribution in [2.24, 2.45) is 0 Å². The quantitative estimate of drug-likeness (QED) is 0.285. The molecule has 1 aliphatic rings. The number of hydrogen-bond donors (Lipinski definition) is 6. The van der Waals surface area contributed by atoms with Crippen molar-refractivity contribution in [1.82, 2.24) is 31.6 Å². The molecule has 41 heavy (non-hydrogen) atoms. The van der Waals surface area contributed by atoms with Gasteiger partial charge in [0, 0.05) is 49.5 Å². The third-order valence-corrected chi connectivity index (χ3v) is 6.99. The van der Waals surface area contributed by atoms with Gasteiger partial charge in [-0.15, -0.1) is 0 Å². The molecule has 2 heterocycles. The molecule has 0 aliphatic carbocycles. The van der Waals surface area contributed by atoms with E-state index in [0.29, 0.717) is 13.0 Å². The zero-order valence-corrected chi connectivity index (χ0v) is 23.0. The smallest absolute Gasteiger partial charge is 0.243 e. The molecule has 0 bridgehead atoms. The number of rotatable bonds is 3. The van der Waals surface area contributed by atoms with Gasteiger partial charge in [-0.1, -0.05) is 48.5 Å². The third kappa shape index (κ3) is 8.41. The van der Waals surface area contributed by atoms with Crippen LogP contribution in [0.3, 0.4) is 0 Å². The summed E-state index contributed by atoms with van der Waals surface area (Å²) in [6, 6.07) is 14.2. The molecule has 1 aromatic heterocycles. The predicted molar refractivity (Wildman–Crippen MR) is 153 cm³/mol. The Kier molecular flexibility index (Phi) is 10.1. The molecule has 1 aliphatic heterocycles. The summed E-state index contributed by atoms with van der Waals surface area (Å²) in [5.41, 5.74) is 2.47.